The van der Waals surface area contributed by atoms with Crippen molar-refractivity contribution in [3.8, 4) is 11.5 Å². The summed E-state index contributed by atoms with van der Waals surface area (Å²) >= 11 is 9.06. The number of halogens is 1. The fraction of sp³-hybridized carbons (Fsp3) is 0.350. The highest BCUT2D eigenvalue weighted by molar-refractivity contribution is 9.10. The number of ether oxygens (including phenoxy) is 2. The van der Waals surface area contributed by atoms with Crippen LogP contribution in [-0.4, -0.2) is 17.8 Å². The Morgan fingerprint density at radius 1 is 1.27 bits per heavy atom. The predicted molar refractivity (Wildman–Crippen MR) is 113 cm³/mol. The summed E-state index contributed by atoms with van der Waals surface area (Å²) in [4.78, 5) is 0. The molecule has 1 aliphatic heterocycles. The maximum atomic E-state index is 6.13. The second-order valence-corrected chi connectivity index (χ2v) is 8.35. The predicted octanol–water partition coefficient (Wildman–Crippen LogP) is 5.35. The molecule has 0 fully saturated rings. The van der Waals surface area contributed by atoms with Crippen molar-refractivity contribution in [2.45, 2.75) is 38.8 Å². The molecule has 3 rings (SSSR count). The highest BCUT2D eigenvalue weighted by atomic mass is 79.9. The van der Waals surface area contributed by atoms with E-state index in [1.165, 1.54) is 0 Å². The molecule has 0 saturated heterocycles. The summed E-state index contributed by atoms with van der Waals surface area (Å²) in [5, 5.41) is 7.30. The zero-order valence-electron chi connectivity index (χ0n) is 15.4. The zero-order valence-corrected chi connectivity index (χ0v) is 17.8. The summed E-state index contributed by atoms with van der Waals surface area (Å²) in [6.07, 6.45) is 0.813. The van der Waals surface area contributed by atoms with Crippen molar-refractivity contribution < 1.29 is 9.47 Å². The van der Waals surface area contributed by atoms with Gasteiger partial charge in [-0.15, -0.1) is 0 Å². The Kier molecular flexibility index (Phi) is 5.44. The van der Waals surface area contributed by atoms with Gasteiger partial charge >= 0.3 is 0 Å². The van der Waals surface area contributed by atoms with E-state index in [1.807, 2.05) is 30.3 Å². The van der Waals surface area contributed by atoms with Gasteiger partial charge in [0.2, 0.25) is 0 Å². The molecule has 0 amide bonds. The van der Waals surface area contributed by atoms with E-state index < -0.39 is 0 Å². The summed E-state index contributed by atoms with van der Waals surface area (Å²) in [7, 11) is 1.66. The standard InChI is InChI=1S/C20H23BrN2O2S/c1-12-9-13(5-8-16(12)21)22-19(26)23-17-11-20(2,3)25-18-10-14(24-4)6-7-15(17)18/h5-10,17H,11H2,1-4H3,(H2,22,23,26)/t17-/m0/s1. The first kappa shape index (κ1) is 19.0. The molecular formula is C20H23BrN2O2S. The molecule has 0 aromatic heterocycles. The average Bonchev–Trinajstić information content (AvgIpc) is 2.56. The van der Waals surface area contributed by atoms with Gasteiger partial charge in [-0.05, 0) is 68.9 Å². The summed E-state index contributed by atoms with van der Waals surface area (Å²) in [6, 6.07) is 12.1. The maximum Gasteiger partial charge on any atom is 0.171 e. The number of thiocarbonyl (C=S) groups is 1. The van der Waals surface area contributed by atoms with Gasteiger partial charge in [0, 0.05) is 28.2 Å². The van der Waals surface area contributed by atoms with Gasteiger partial charge in [-0.3, -0.25) is 0 Å². The fourth-order valence-corrected chi connectivity index (χ4v) is 3.64. The highest BCUT2D eigenvalue weighted by Crippen LogP contribution is 2.41. The van der Waals surface area contributed by atoms with Crippen LogP contribution in [0.1, 0.15) is 37.4 Å². The van der Waals surface area contributed by atoms with Crippen molar-refractivity contribution in [1.82, 2.24) is 5.32 Å². The van der Waals surface area contributed by atoms with Crippen LogP contribution in [0.2, 0.25) is 0 Å². The van der Waals surface area contributed by atoms with Gasteiger partial charge in [-0.25, -0.2) is 0 Å². The molecule has 6 heteroatoms. The number of methoxy groups -OCH3 is 1. The third kappa shape index (κ3) is 4.30. The largest absolute Gasteiger partial charge is 0.497 e. The molecule has 1 aliphatic rings. The molecule has 2 N–H and O–H groups in total. The molecule has 0 radical (unpaired) electrons. The Morgan fingerprint density at radius 3 is 2.73 bits per heavy atom. The fourth-order valence-electron chi connectivity index (χ4n) is 3.14. The van der Waals surface area contributed by atoms with Gasteiger partial charge in [0.05, 0.1) is 13.2 Å². The quantitative estimate of drug-likeness (QED) is 0.636. The molecule has 0 aliphatic carbocycles. The summed E-state index contributed by atoms with van der Waals surface area (Å²) in [5.74, 6) is 1.62. The van der Waals surface area contributed by atoms with Gasteiger partial charge in [-0.1, -0.05) is 15.9 Å². The van der Waals surface area contributed by atoms with E-state index in [0.717, 1.165) is 39.2 Å². The Morgan fingerprint density at radius 2 is 2.04 bits per heavy atom. The van der Waals surface area contributed by atoms with E-state index in [2.05, 4.69) is 53.4 Å². The van der Waals surface area contributed by atoms with E-state index in [1.54, 1.807) is 7.11 Å². The average molecular weight is 435 g/mol. The van der Waals surface area contributed by atoms with Crippen LogP contribution in [0.25, 0.3) is 0 Å². The SMILES string of the molecule is COc1ccc2c(c1)OC(C)(C)C[C@@H]2NC(=S)Nc1ccc(Br)c(C)c1. The molecule has 2 aromatic rings. The summed E-state index contributed by atoms with van der Waals surface area (Å²) in [6.45, 7) is 6.22. The minimum Gasteiger partial charge on any atom is -0.497 e. The van der Waals surface area contributed by atoms with Crippen LogP contribution in [0.15, 0.2) is 40.9 Å². The molecular weight excluding hydrogens is 412 g/mol. The zero-order chi connectivity index (χ0) is 18.9. The third-order valence-corrected chi connectivity index (χ3v) is 5.51. The molecule has 2 aromatic carbocycles. The molecule has 1 heterocycles. The summed E-state index contributed by atoms with van der Waals surface area (Å²) < 4.78 is 12.5. The van der Waals surface area contributed by atoms with Crippen LogP contribution in [0.3, 0.4) is 0 Å². The van der Waals surface area contributed by atoms with Crippen LogP contribution >= 0.6 is 28.1 Å². The molecule has 4 nitrogen and oxygen atoms in total. The van der Waals surface area contributed by atoms with Crippen molar-refractivity contribution in [1.29, 1.82) is 0 Å². The van der Waals surface area contributed by atoms with Crippen molar-refractivity contribution in [2.24, 2.45) is 0 Å². The monoisotopic (exact) mass is 434 g/mol. The number of anilines is 1. The topological polar surface area (TPSA) is 42.5 Å². The van der Waals surface area contributed by atoms with Crippen molar-refractivity contribution >= 4 is 38.9 Å². The van der Waals surface area contributed by atoms with E-state index >= 15 is 0 Å². The van der Waals surface area contributed by atoms with Gasteiger partial charge in [0.25, 0.3) is 0 Å². The van der Waals surface area contributed by atoms with Gasteiger partial charge in [0.15, 0.2) is 5.11 Å². The Labute approximate surface area is 168 Å². The Balaban J connectivity index is 1.78. The number of aryl methyl sites for hydroxylation is 1. The first-order valence-electron chi connectivity index (χ1n) is 8.48. The molecule has 26 heavy (non-hydrogen) atoms. The van der Waals surface area contributed by atoms with E-state index in [4.69, 9.17) is 21.7 Å². The number of fused-ring (bicyclic) bond motifs is 1. The first-order chi connectivity index (χ1) is 12.3. The molecule has 1 atom stereocenters. The van der Waals surface area contributed by atoms with Crippen LogP contribution in [-0.2, 0) is 0 Å². The minimum atomic E-state index is -0.291. The highest BCUT2D eigenvalue weighted by Gasteiger charge is 2.34. The Hall–Kier alpha value is -1.79. The van der Waals surface area contributed by atoms with Crippen molar-refractivity contribution in [3.05, 3.63) is 52.0 Å². The van der Waals surface area contributed by atoms with Crippen molar-refractivity contribution in [3.63, 3.8) is 0 Å². The second-order valence-electron chi connectivity index (χ2n) is 7.08. The Bertz CT molecular complexity index is 839. The van der Waals surface area contributed by atoms with E-state index in [0.29, 0.717) is 5.11 Å². The van der Waals surface area contributed by atoms with Crippen LogP contribution in [0.4, 0.5) is 5.69 Å². The first-order valence-corrected chi connectivity index (χ1v) is 9.68. The van der Waals surface area contributed by atoms with Gasteiger partial charge in [-0.2, -0.15) is 0 Å². The molecule has 0 bridgehead atoms. The lowest BCUT2D eigenvalue weighted by atomic mass is 9.89. The number of hydrogen-bond acceptors (Lipinski definition) is 3. The lowest BCUT2D eigenvalue weighted by Crippen LogP contribution is -2.42. The molecule has 138 valence electrons. The number of rotatable bonds is 3. The van der Waals surface area contributed by atoms with Crippen molar-refractivity contribution in [2.75, 3.05) is 12.4 Å². The lowest BCUT2D eigenvalue weighted by molar-refractivity contribution is 0.0693. The number of hydrogen-bond donors (Lipinski definition) is 2. The molecule has 0 saturated carbocycles. The third-order valence-electron chi connectivity index (χ3n) is 4.40. The summed E-state index contributed by atoms with van der Waals surface area (Å²) in [5.41, 5.74) is 2.91. The lowest BCUT2D eigenvalue weighted by Gasteiger charge is -2.38. The molecule has 0 unspecified atom stereocenters. The smallest absolute Gasteiger partial charge is 0.171 e. The van der Waals surface area contributed by atoms with Gasteiger partial charge in [0.1, 0.15) is 17.1 Å². The maximum absolute atomic E-state index is 6.13. The van der Waals surface area contributed by atoms with E-state index in [9.17, 15) is 0 Å². The second kappa shape index (κ2) is 7.45. The molecule has 0 spiro atoms. The normalized spacial score (nSPS) is 17.7. The number of benzene rings is 2. The number of nitrogens with one attached hydrogen (secondary N) is 2. The van der Waals surface area contributed by atoms with Crippen LogP contribution in [0.5, 0.6) is 11.5 Å². The van der Waals surface area contributed by atoms with Crippen LogP contribution < -0.4 is 20.1 Å². The minimum absolute atomic E-state index is 0.0659. The van der Waals surface area contributed by atoms with Gasteiger partial charge < -0.3 is 20.1 Å². The van der Waals surface area contributed by atoms with E-state index in [-0.39, 0.29) is 11.6 Å². The van der Waals surface area contributed by atoms with Crippen LogP contribution in [0, 0.1) is 6.92 Å².